The molecule has 0 saturated carbocycles. The van der Waals surface area contributed by atoms with Crippen LogP contribution in [0, 0.1) is 0 Å². The Morgan fingerprint density at radius 3 is 3.04 bits per heavy atom. The van der Waals surface area contributed by atoms with Gasteiger partial charge in [-0.15, -0.1) is 5.10 Å². The number of rotatable bonds is 7. The van der Waals surface area contributed by atoms with Gasteiger partial charge in [-0.1, -0.05) is 55.1 Å². The highest BCUT2D eigenvalue weighted by Crippen LogP contribution is 2.37. The van der Waals surface area contributed by atoms with Crippen LogP contribution < -0.4 is 5.32 Å². The van der Waals surface area contributed by atoms with Crippen molar-refractivity contribution in [1.29, 1.82) is 0 Å². The predicted molar refractivity (Wildman–Crippen MR) is 108 cm³/mol. The average Bonchev–Trinajstić information content (AvgIpc) is 3.05. The minimum absolute atomic E-state index is 0.139. The van der Waals surface area contributed by atoms with Crippen molar-refractivity contribution < 1.29 is 9.53 Å². The van der Waals surface area contributed by atoms with Crippen LogP contribution in [0.1, 0.15) is 31.9 Å². The summed E-state index contributed by atoms with van der Waals surface area (Å²) in [5.74, 6) is 1.09. The zero-order valence-electron chi connectivity index (χ0n) is 15.2. The molecule has 2 heterocycles. The smallest absolute Gasteiger partial charge is 0.338 e. The largest absolute Gasteiger partial charge is 0.458 e. The normalized spacial score (nSPS) is 15.9. The van der Waals surface area contributed by atoms with Crippen molar-refractivity contribution in [1.82, 2.24) is 14.8 Å². The van der Waals surface area contributed by atoms with Gasteiger partial charge in [0, 0.05) is 16.5 Å². The van der Waals surface area contributed by atoms with Gasteiger partial charge in [-0.3, -0.25) is 0 Å². The minimum Gasteiger partial charge on any atom is -0.458 e. The summed E-state index contributed by atoms with van der Waals surface area (Å²) < 4.78 is 7.04. The van der Waals surface area contributed by atoms with Gasteiger partial charge in [0.05, 0.1) is 5.57 Å². The summed E-state index contributed by atoms with van der Waals surface area (Å²) in [5.41, 5.74) is 2.00. The van der Waals surface area contributed by atoms with Crippen LogP contribution in [0.4, 0.5) is 5.95 Å². The summed E-state index contributed by atoms with van der Waals surface area (Å²) >= 11 is 7.78. The maximum Gasteiger partial charge on any atom is 0.338 e. The number of benzene rings is 1. The number of fused-ring (bicyclic) bond motifs is 1. The summed E-state index contributed by atoms with van der Waals surface area (Å²) in [4.78, 5) is 17.3. The van der Waals surface area contributed by atoms with Crippen LogP contribution in [0.5, 0.6) is 0 Å². The summed E-state index contributed by atoms with van der Waals surface area (Å²) in [6.45, 7) is 7.67. The Bertz CT molecular complexity index is 894. The molecule has 1 unspecified atom stereocenters. The van der Waals surface area contributed by atoms with E-state index >= 15 is 0 Å². The summed E-state index contributed by atoms with van der Waals surface area (Å²) in [5, 5.41) is 9.05. The second kappa shape index (κ2) is 8.63. The molecule has 8 heteroatoms. The number of nitrogens with one attached hydrogen (secondary N) is 1. The molecule has 3 rings (SSSR count). The molecule has 6 nitrogen and oxygen atoms in total. The van der Waals surface area contributed by atoms with E-state index in [0.717, 1.165) is 17.7 Å². The number of allylic oxidation sites excluding steroid dienone is 1. The summed E-state index contributed by atoms with van der Waals surface area (Å²) in [7, 11) is 0. The highest BCUT2D eigenvalue weighted by atomic mass is 35.5. The molecule has 1 aliphatic rings. The fraction of sp³-hybridized carbons (Fsp3) is 0.316. The molecule has 1 atom stereocenters. The third-order valence-electron chi connectivity index (χ3n) is 3.99. The average molecular weight is 405 g/mol. The molecular weight excluding hydrogens is 384 g/mol. The molecule has 1 aromatic carbocycles. The van der Waals surface area contributed by atoms with Gasteiger partial charge in [0.15, 0.2) is 0 Å². The number of nitrogens with zero attached hydrogens (tertiary/aromatic N) is 3. The lowest BCUT2D eigenvalue weighted by atomic mass is 9.96. The number of aromatic nitrogens is 3. The number of carbonyl (C=O) groups excluding carboxylic acids is 1. The molecule has 1 N–H and O–H groups in total. The number of esters is 1. The molecule has 142 valence electrons. The molecule has 0 saturated heterocycles. The van der Waals surface area contributed by atoms with Crippen LogP contribution in [0.2, 0.25) is 5.02 Å². The van der Waals surface area contributed by atoms with Gasteiger partial charge < -0.3 is 10.1 Å². The lowest BCUT2D eigenvalue weighted by Gasteiger charge is -2.28. The Morgan fingerprint density at radius 2 is 2.33 bits per heavy atom. The number of hydrogen-bond acceptors (Lipinski definition) is 6. The van der Waals surface area contributed by atoms with Crippen LogP contribution in [-0.4, -0.2) is 33.1 Å². The zero-order chi connectivity index (χ0) is 19.4. The monoisotopic (exact) mass is 404 g/mol. The number of hydrogen-bond donors (Lipinski definition) is 1. The van der Waals surface area contributed by atoms with E-state index in [1.54, 1.807) is 28.6 Å². The van der Waals surface area contributed by atoms with Gasteiger partial charge in [-0.25, -0.2) is 9.48 Å². The molecule has 0 fully saturated rings. The van der Waals surface area contributed by atoms with E-state index in [-0.39, 0.29) is 6.61 Å². The Labute approximate surface area is 167 Å². The number of anilines is 1. The Balaban J connectivity index is 2.08. The lowest BCUT2D eigenvalue weighted by molar-refractivity contribution is -0.138. The molecule has 0 aliphatic carbocycles. The molecule has 0 bridgehead atoms. The first kappa shape index (κ1) is 19.5. The van der Waals surface area contributed by atoms with Crippen molar-refractivity contribution in [2.75, 3.05) is 17.7 Å². The Morgan fingerprint density at radius 1 is 1.52 bits per heavy atom. The van der Waals surface area contributed by atoms with Crippen molar-refractivity contribution in [2.45, 2.75) is 31.5 Å². The van der Waals surface area contributed by atoms with E-state index in [9.17, 15) is 4.79 Å². The second-order valence-electron chi connectivity index (χ2n) is 6.02. The van der Waals surface area contributed by atoms with Crippen molar-refractivity contribution in [3.05, 3.63) is 58.8 Å². The standard InChI is InChI=1S/C19H21ClN4O2S/c1-4-9-26-17(25)15-12(3)21-18-22-19(27-10-5-2)23-24(18)16(15)13-7-6-8-14(20)11-13/h4,6-8,11,16H,1,5,9-10H2,2-3H3,(H,21,22,23). The van der Waals surface area contributed by atoms with Gasteiger partial charge in [0.1, 0.15) is 12.6 Å². The first-order valence-corrected chi connectivity index (χ1v) is 10.0. The van der Waals surface area contributed by atoms with E-state index in [1.807, 2.05) is 25.1 Å². The molecule has 2 aromatic rings. The van der Waals surface area contributed by atoms with Crippen molar-refractivity contribution in [3.8, 4) is 0 Å². The molecule has 0 amide bonds. The molecule has 0 radical (unpaired) electrons. The van der Waals surface area contributed by atoms with Gasteiger partial charge in [-0.05, 0) is 31.0 Å². The van der Waals surface area contributed by atoms with Crippen molar-refractivity contribution in [2.24, 2.45) is 0 Å². The zero-order valence-corrected chi connectivity index (χ0v) is 16.8. The third-order valence-corrected chi connectivity index (χ3v) is 5.26. The Kier molecular flexibility index (Phi) is 6.23. The maximum absolute atomic E-state index is 12.8. The predicted octanol–water partition coefficient (Wildman–Crippen LogP) is 4.45. The second-order valence-corrected chi connectivity index (χ2v) is 7.52. The number of carbonyl (C=O) groups is 1. The summed E-state index contributed by atoms with van der Waals surface area (Å²) in [6.07, 6.45) is 2.56. The fourth-order valence-corrected chi connectivity index (χ4v) is 3.73. The number of halogens is 1. The molecular formula is C19H21ClN4O2S. The molecule has 1 aromatic heterocycles. The van der Waals surface area contributed by atoms with Crippen LogP contribution in [0.3, 0.4) is 0 Å². The van der Waals surface area contributed by atoms with E-state index in [2.05, 4.69) is 28.9 Å². The van der Waals surface area contributed by atoms with Gasteiger partial charge >= 0.3 is 5.97 Å². The molecule has 0 spiro atoms. The fourth-order valence-electron chi connectivity index (χ4n) is 2.85. The van der Waals surface area contributed by atoms with Crippen LogP contribution in [0.25, 0.3) is 0 Å². The minimum atomic E-state index is -0.472. The third kappa shape index (κ3) is 4.20. The number of thioether (sulfide) groups is 1. The molecule has 27 heavy (non-hydrogen) atoms. The van der Waals surface area contributed by atoms with E-state index in [1.165, 1.54) is 0 Å². The van der Waals surface area contributed by atoms with Gasteiger partial charge in [0.25, 0.3) is 0 Å². The van der Waals surface area contributed by atoms with E-state index in [4.69, 9.17) is 16.3 Å². The topological polar surface area (TPSA) is 69.0 Å². The number of ether oxygens (including phenoxy) is 1. The van der Waals surface area contributed by atoms with Crippen LogP contribution in [-0.2, 0) is 9.53 Å². The first-order chi connectivity index (χ1) is 13.0. The highest BCUT2D eigenvalue weighted by molar-refractivity contribution is 7.99. The Hall–Kier alpha value is -2.25. The van der Waals surface area contributed by atoms with Crippen molar-refractivity contribution >= 4 is 35.3 Å². The van der Waals surface area contributed by atoms with Gasteiger partial charge in [-0.2, -0.15) is 4.98 Å². The quantitative estimate of drug-likeness (QED) is 0.417. The first-order valence-electron chi connectivity index (χ1n) is 8.65. The van der Waals surface area contributed by atoms with Crippen molar-refractivity contribution in [3.63, 3.8) is 0 Å². The van der Waals surface area contributed by atoms with Gasteiger partial charge in [0.2, 0.25) is 11.1 Å². The summed E-state index contributed by atoms with van der Waals surface area (Å²) in [6, 6.07) is 6.92. The van der Waals surface area contributed by atoms with E-state index in [0.29, 0.717) is 27.4 Å². The van der Waals surface area contributed by atoms with Crippen LogP contribution in [0.15, 0.2) is 53.3 Å². The van der Waals surface area contributed by atoms with Crippen LogP contribution >= 0.6 is 23.4 Å². The maximum atomic E-state index is 12.8. The SMILES string of the molecule is C=CCOC(=O)C1=C(C)Nc2nc(SCCC)nn2C1c1cccc(Cl)c1. The lowest BCUT2D eigenvalue weighted by Crippen LogP contribution is -2.29. The van der Waals surface area contributed by atoms with E-state index < -0.39 is 12.0 Å². The highest BCUT2D eigenvalue weighted by Gasteiger charge is 2.35. The molecule has 1 aliphatic heterocycles.